The Morgan fingerprint density at radius 2 is 1.78 bits per heavy atom. The summed E-state index contributed by atoms with van der Waals surface area (Å²) in [6, 6.07) is 12.4. The number of methoxy groups -OCH3 is 1. The van der Waals surface area contributed by atoms with Crippen LogP contribution in [0.5, 0.6) is 5.75 Å². The van der Waals surface area contributed by atoms with Gasteiger partial charge in [-0.25, -0.2) is 4.39 Å². The number of carbonyl (C=O) groups excluding carboxylic acids is 1. The first-order valence-corrected chi connectivity index (χ1v) is 5.40. The van der Waals surface area contributed by atoms with E-state index in [0.29, 0.717) is 17.0 Å². The van der Waals surface area contributed by atoms with Crippen molar-refractivity contribution in [3.63, 3.8) is 0 Å². The van der Waals surface area contributed by atoms with Crippen molar-refractivity contribution >= 4 is 11.6 Å². The molecule has 0 saturated heterocycles. The molecule has 0 spiro atoms. The predicted molar refractivity (Wildman–Crippen MR) is 67.3 cm³/mol. The van der Waals surface area contributed by atoms with Gasteiger partial charge in [-0.2, -0.15) is 0 Å². The normalized spacial score (nSPS) is 9.89. The summed E-state index contributed by atoms with van der Waals surface area (Å²) in [5.74, 6) is -0.101. The Labute approximate surface area is 104 Å². The van der Waals surface area contributed by atoms with Crippen LogP contribution in [0.4, 0.5) is 10.1 Å². The first-order valence-electron chi connectivity index (χ1n) is 5.40. The Balaban J connectivity index is 2.18. The van der Waals surface area contributed by atoms with Crippen LogP contribution in [0.15, 0.2) is 48.5 Å². The van der Waals surface area contributed by atoms with Crippen LogP contribution in [0.1, 0.15) is 10.4 Å². The second kappa shape index (κ2) is 5.31. The van der Waals surface area contributed by atoms with Crippen LogP contribution >= 0.6 is 0 Å². The minimum atomic E-state index is -0.371. The maximum absolute atomic E-state index is 12.7. The van der Waals surface area contributed by atoms with Gasteiger partial charge >= 0.3 is 0 Å². The van der Waals surface area contributed by atoms with E-state index >= 15 is 0 Å². The van der Waals surface area contributed by atoms with Gasteiger partial charge in [0.2, 0.25) is 0 Å². The van der Waals surface area contributed by atoms with E-state index in [2.05, 4.69) is 5.32 Å². The molecule has 0 atom stereocenters. The standard InChI is InChI=1S/C14H12FNO2/c1-18-13-5-3-2-4-12(13)16-14(17)10-6-8-11(15)9-7-10/h2-9H,1H3,(H,16,17). The van der Waals surface area contributed by atoms with E-state index in [4.69, 9.17) is 4.74 Å². The lowest BCUT2D eigenvalue weighted by atomic mass is 10.2. The summed E-state index contributed by atoms with van der Waals surface area (Å²) >= 11 is 0. The van der Waals surface area contributed by atoms with Crippen molar-refractivity contribution in [2.75, 3.05) is 12.4 Å². The summed E-state index contributed by atoms with van der Waals surface area (Å²) in [7, 11) is 1.53. The Morgan fingerprint density at radius 1 is 1.11 bits per heavy atom. The topological polar surface area (TPSA) is 38.3 Å². The molecule has 0 aromatic heterocycles. The maximum Gasteiger partial charge on any atom is 0.255 e. The molecular formula is C14H12FNO2. The van der Waals surface area contributed by atoms with Crippen LogP contribution in [0.3, 0.4) is 0 Å². The second-order valence-electron chi connectivity index (χ2n) is 3.66. The molecule has 0 radical (unpaired) electrons. The van der Waals surface area contributed by atoms with Crippen molar-refractivity contribution in [2.45, 2.75) is 0 Å². The average molecular weight is 245 g/mol. The van der Waals surface area contributed by atoms with E-state index in [1.807, 2.05) is 6.07 Å². The van der Waals surface area contributed by atoms with Crippen LogP contribution in [0.2, 0.25) is 0 Å². The van der Waals surface area contributed by atoms with Crippen molar-refractivity contribution < 1.29 is 13.9 Å². The number of para-hydroxylation sites is 2. The summed E-state index contributed by atoms with van der Waals surface area (Å²) in [6.07, 6.45) is 0. The van der Waals surface area contributed by atoms with Crippen LogP contribution in [-0.4, -0.2) is 13.0 Å². The minimum absolute atomic E-state index is 0.306. The number of ether oxygens (including phenoxy) is 1. The SMILES string of the molecule is COc1ccccc1NC(=O)c1ccc(F)cc1. The first kappa shape index (κ1) is 12.1. The lowest BCUT2D eigenvalue weighted by Crippen LogP contribution is -2.12. The van der Waals surface area contributed by atoms with E-state index in [-0.39, 0.29) is 11.7 Å². The third-order valence-corrected chi connectivity index (χ3v) is 2.46. The molecule has 0 aliphatic heterocycles. The molecule has 4 heteroatoms. The van der Waals surface area contributed by atoms with Crippen molar-refractivity contribution in [3.05, 3.63) is 59.9 Å². The summed E-state index contributed by atoms with van der Waals surface area (Å²) in [5, 5.41) is 2.71. The van der Waals surface area contributed by atoms with Crippen molar-refractivity contribution in [1.82, 2.24) is 0 Å². The lowest BCUT2D eigenvalue weighted by molar-refractivity contribution is 0.102. The molecule has 1 amide bonds. The van der Waals surface area contributed by atoms with Gasteiger partial charge in [0.05, 0.1) is 12.8 Å². The van der Waals surface area contributed by atoms with Gasteiger partial charge in [-0.3, -0.25) is 4.79 Å². The molecule has 0 aliphatic carbocycles. The zero-order valence-corrected chi connectivity index (χ0v) is 9.81. The van der Waals surface area contributed by atoms with Crippen molar-refractivity contribution in [3.8, 4) is 5.75 Å². The molecule has 0 unspecified atom stereocenters. The fraction of sp³-hybridized carbons (Fsp3) is 0.0714. The monoisotopic (exact) mass is 245 g/mol. The summed E-state index contributed by atoms with van der Waals surface area (Å²) in [6.45, 7) is 0. The van der Waals surface area contributed by atoms with Crippen molar-refractivity contribution in [1.29, 1.82) is 0 Å². The van der Waals surface area contributed by atoms with Gasteiger partial charge in [0.1, 0.15) is 11.6 Å². The zero-order valence-electron chi connectivity index (χ0n) is 9.81. The van der Waals surface area contributed by atoms with E-state index in [1.54, 1.807) is 18.2 Å². The molecule has 2 aromatic rings. The number of benzene rings is 2. The summed E-state index contributed by atoms with van der Waals surface area (Å²) in [4.78, 5) is 11.9. The quantitative estimate of drug-likeness (QED) is 0.902. The fourth-order valence-electron chi connectivity index (χ4n) is 1.54. The molecule has 0 heterocycles. The molecule has 0 fully saturated rings. The Bertz CT molecular complexity index is 552. The Hall–Kier alpha value is -2.36. The van der Waals surface area contributed by atoms with Gasteiger partial charge in [0.15, 0.2) is 0 Å². The number of hydrogen-bond donors (Lipinski definition) is 1. The number of hydrogen-bond acceptors (Lipinski definition) is 2. The highest BCUT2D eigenvalue weighted by Gasteiger charge is 2.08. The third kappa shape index (κ3) is 2.66. The molecule has 18 heavy (non-hydrogen) atoms. The van der Waals surface area contributed by atoms with Gasteiger partial charge in [0, 0.05) is 5.56 Å². The minimum Gasteiger partial charge on any atom is -0.495 e. The fourth-order valence-corrected chi connectivity index (χ4v) is 1.54. The highest BCUT2D eigenvalue weighted by atomic mass is 19.1. The summed E-state index contributed by atoms with van der Waals surface area (Å²) in [5.41, 5.74) is 0.969. The number of carbonyl (C=O) groups is 1. The van der Waals surface area contributed by atoms with Gasteiger partial charge in [-0.05, 0) is 36.4 Å². The highest BCUT2D eigenvalue weighted by molar-refractivity contribution is 6.04. The van der Waals surface area contributed by atoms with Gasteiger partial charge in [0.25, 0.3) is 5.91 Å². The molecular weight excluding hydrogens is 233 g/mol. The van der Waals surface area contributed by atoms with E-state index in [9.17, 15) is 9.18 Å². The van der Waals surface area contributed by atoms with Gasteiger partial charge < -0.3 is 10.1 Å². The molecule has 0 aliphatic rings. The second-order valence-corrected chi connectivity index (χ2v) is 3.66. The Morgan fingerprint density at radius 3 is 2.44 bits per heavy atom. The number of anilines is 1. The van der Waals surface area contributed by atoms with Gasteiger partial charge in [-0.15, -0.1) is 0 Å². The van der Waals surface area contributed by atoms with Crippen LogP contribution in [0.25, 0.3) is 0 Å². The molecule has 1 N–H and O–H groups in total. The molecule has 0 saturated carbocycles. The third-order valence-electron chi connectivity index (χ3n) is 2.46. The number of halogens is 1. The highest BCUT2D eigenvalue weighted by Crippen LogP contribution is 2.23. The number of nitrogens with one attached hydrogen (secondary N) is 1. The maximum atomic E-state index is 12.7. The molecule has 92 valence electrons. The number of amides is 1. The predicted octanol–water partition coefficient (Wildman–Crippen LogP) is 3.09. The Kier molecular flexibility index (Phi) is 3.57. The largest absolute Gasteiger partial charge is 0.495 e. The first-order chi connectivity index (χ1) is 8.70. The molecule has 0 bridgehead atoms. The van der Waals surface area contributed by atoms with Crippen LogP contribution in [-0.2, 0) is 0 Å². The molecule has 2 rings (SSSR count). The molecule has 3 nitrogen and oxygen atoms in total. The summed E-state index contributed by atoms with van der Waals surface area (Å²) < 4.78 is 17.9. The van der Waals surface area contributed by atoms with Crippen molar-refractivity contribution in [2.24, 2.45) is 0 Å². The van der Waals surface area contributed by atoms with Crippen LogP contribution in [0, 0.1) is 5.82 Å². The van der Waals surface area contributed by atoms with E-state index in [0.717, 1.165) is 0 Å². The molecule has 2 aromatic carbocycles. The lowest BCUT2D eigenvalue weighted by Gasteiger charge is -2.09. The number of rotatable bonds is 3. The zero-order chi connectivity index (χ0) is 13.0. The van der Waals surface area contributed by atoms with E-state index in [1.165, 1.54) is 31.4 Å². The smallest absolute Gasteiger partial charge is 0.255 e. The van der Waals surface area contributed by atoms with Crippen LogP contribution < -0.4 is 10.1 Å². The van der Waals surface area contributed by atoms with Gasteiger partial charge in [-0.1, -0.05) is 12.1 Å². The van der Waals surface area contributed by atoms with E-state index < -0.39 is 0 Å². The average Bonchev–Trinajstić information content (AvgIpc) is 2.40.